The molecule has 33 heavy (non-hydrogen) atoms. The van der Waals surface area contributed by atoms with Gasteiger partial charge in [0.15, 0.2) is 0 Å². The molecule has 3 rings (SSSR count). The molecule has 0 fully saturated rings. The van der Waals surface area contributed by atoms with E-state index in [-0.39, 0.29) is 5.60 Å². The maximum absolute atomic E-state index is 6.70. The summed E-state index contributed by atoms with van der Waals surface area (Å²) in [7, 11) is 0. The zero-order valence-corrected chi connectivity index (χ0v) is 21.8. The van der Waals surface area contributed by atoms with Gasteiger partial charge in [0.25, 0.3) is 0 Å². The molecule has 2 heteroatoms. The quantitative estimate of drug-likeness (QED) is 0.375. The van der Waals surface area contributed by atoms with Crippen LogP contribution in [-0.2, 0) is 12.8 Å². The van der Waals surface area contributed by atoms with Crippen molar-refractivity contribution < 1.29 is 4.74 Å². The van der Waals surface area contributed by atoms with E-state index in [0.29, 0.717) is 17.8 Å². The summed E-state index contributed by atoms with van der Waals surface area (Å²) < 4.78 is 6.70. The second-order valence-corrected chi connectivity index (χ2v) is 10.5. The molecule has 0 amide bonds. The van der Waals surface area contributed by atoms with E-state index < -0.39 is 0 Å². The monoisotopic (exact) mass is 447 g/mol. The summed E-state index contributed by atoms with van der Waals surface area (Å²) in [5.41, 5.74) is 6.41. The second-order valence-electron chi connectivity index (χ2n) is 10.5. The largest absolute Gasteiger partial charge is 0.487 e. The number of rotatable bonds is 11. The first-order chi connectivity index (χ1) is 15.8. The Labute approximate surface area is 202 Å². The van der Waals surface area contributed by atoms with Crippen LogP contribution in [0, 0.1) is 11.8 Å². The van der Waals surface area contributed by atoms with Gasteiger partial charge >= 0.3 is 0 Å². The minimum atomic E-state index is -0.120. The van der Waals surface area contributed by atoms with Crippen molar-refractivity contribution in [3.8, 4) is 5.75 Å². The van der Waals surface area contributed by atoms with Gasteiger partial charge in [0.2, 0.25) is 0 Å². The van der Waals surface area contributed by atoms with Crippen LogP contribution in [0.4, 0.5) is 0 Å². The van der Waals surface area contributed by atoms with Crippen LogP contribution in [0.25, 0.3) is 5.70 Å². The lowest BCUT2D eigenvalue weighted by Gasteiger charge is -2.44. The Morgan fingerprint density at radius 3 is 2.52 bits per heavy atom. The molecule has 3 unspecified atom stereocenters. The molecule has 0 aromatic heterocycles. The Kier molecular flexibility index (Phi) is 8.68. The summed E-state index contributed by atoms with van der Waals surface area (Å²) in [6.07, 6.45) is 6.49. The fourth-order valence-corrected chi connectivity index (χ4v) is 5.33. The van der Waals surface area contributed by atoms with Gasteiger partial charge in [-0.25, -0.2) is 0 Å². The Hall–Kier alpha value is -2.22. The molecule has 0 radical (unpaired) electrons. The number of fused-ring (bicyclic) bond motifs is 1. The van der Waals surface area contributed by atoms with Gasteiger partial charge in [-0.2, -0.15) is 0 Å². The maximum Gasteiger partial charge on any atom is 0.123 e. The number of benzene rings is 2. The van der Waals surface area contributed by atoms with E-state index in [4.69, 9.17) is 4.74 Å². The fraction of sp³-hybridized carbons (Fsp3) is 0.548. The fourth-order valence-electron chi connectivity index (χ4n) is 5.33. The topological polar surface area (TPSA) is 21.3 Å². The van der Waals surface area contributed by atoms with Gasteiger partial charge in [-0.1, -0.05) is 84.9 Å². The summed E-state index contributed by atoms with van der Waals surface area (Å²) in [4.78, 5) is 0. The molecule has 0 spiro atoms. The van der Waals surface area contributed by atoms with E-state index in [2.05, 4.69) is 95.9 Å². The molecule has 0 saturated heterocycles. The average Bonchev–Trinajstić information content (AvgIpc) is 2.82. The predicted octanol–water partition coefficient (Wildman–Crippen LogP) is 8.16. The molecular formula is C31H45NO. The van der Waals surface area contributed by atoms with Crippen molar-refractivity contribution in [1.82, 2.24) is 5.32 Å². The van der Waals surface area contributed by atoms with Crippen LogP contribution in [0.15, 0.2) is 49.0 Å². The van der Waals surface area contributed by atoms with Crippen molar-refractivity contribution in [2.45, 2.75) is 91.6 Å². The molecule has 0 saturated carbocycles. The molecule has 3 atom stereocenters. The highest BCUT2D eigenvalue weighted by atomic mass is 16.5. The van der Waals surface area contributed by atoms with E-state index in [9.17, 15) is 0 Å². The lowest BCUT2D eigenvalue weighted by molar-refractivity contribution is 0.0167. The SMILES string of the molecule is C=C(NCCC1(CC)CC(C(C)CC)c2ccccc2O1)c1ccc(CC(C)C)c(CC)c1. The van der Waals surface area contributed by atoms with E-state index in [1.807, 2.05) is 0 Å². The molecular weight excluding hydrogens is 402 g/mol. The Balaban J connectivity index is 1.69. The number of hydrogen-bond donors (Lipinski definition) is 1. The predicted molar refractivity (Wildman–Crippen MR) is 143 cm³/mol. The van der Waals surface area contributed by atoms with Crippen LogP contribution < -0.4 is 10.1 Å². The Morgan fingerprint density at radius 1 is 1.09 bits per heavy atom. The van der Waals surface area contributed by atoms with Crippen LogP contribution in [0.5, 0.6) is 5.75 Å². The standard InChI is InChI=1S/C31H45NO/c1-8-23(6)29-21-31(10-3,33-30-14-12-11-13-28(29)30)17-18-32-24(7)26-15-16-27(19-22(4)5)25(9-2)20-26/h11-16,20,22-23,29,32H,7-10,17-19,21H2,1-6H3. The number of hydrogen-bond acceptors (Lipinski definition) is 2. The van der Waals surface area contributed by atoms with Crippen molar-refractivity contribution in [1.29, 1.82) is 0 Å². The average molecular weight is 448 g/mol. The molecule has 1 heterocycles. The second kappa shape index (κ2) is 11.3. The van der Waals surface area contributed by atoms with Gasteiger partial charge in [-0.3, -0.25) is 0 Å². The Bertz CT molecular complexity index is 930. The molecule has 1 aliphatic rings. The van der Waals surface area contributed by atoms with Crippen molar-refractivity contribution in [3.63, 3.8) is 0 Å². The minimum absolute atomic E-state index is 0.120. The van der Waals surface area contributed by atoms with E-state index in [1.165, 1.54) is 28.7 Å². The van der Waals surface area contributed by atoms with E-state index in [1.54, 1.807) is 0 Å². The van der Waals surface area contributed by atoms with Crippen molar-refractivity contribution in [2.75, 3.05) is 6.54 Å². The summed E-state index contributed by atoms with van der Waals surface area (Å²) in [5.74, 6) is 2.97. The van der Waals surface area contributed by atoms with Gasteiger partial charge in [-0.05, 0) is 77.8 Å². The zero-order chi connectivity index (χ0) is 24.0. The molecule has 1 N–H and O–H groups in total. The van der Waals surface area contributed by atoms with Crippen molar-refractivity contribution >= 4 is 5.70 Å². The van der Waals surface area contributed by atoms with Gasteiger partial charge in [0, 0.05) is 18.7 Å². The number of nitrogens with one attached hydrogen (secondary N) is 1. The molecule has 0 bridgehead atoms. The summed E-state index contributed by atoms with van der Waals surface area (Å²) >= 11 is 0. The lowest BCUT2D eigenvalue weighted by Crippen LogP contribution is -2.43. The van der Waals surface area contributed by atoms with Crippen LogP contribution in [0.3, 0.4) is 0 Å². The molecule has 180 valence electrons. The first-order valence-electron chi connectivity index (χ1n) is 13.1. The molecule has 0 aliphatic carbocycles. The number of aryl methyl sites for hydroxylation is 1. The number of para-hydroxylation sites is 1. The molecule has 2 aromatic carbocycles. The van der Waals surface area contributed by atoms with Crippen molar-refractivity contribution in [2.24, 2.45) is 11.8 Å². The van der Waals surface area contributed by atoms with Gasteiger partial charge in [0.1, 0.15) is 11.4 Å². The van der Waals surface area contributed by atoms with Gasteiger partial charge in [-0.15, -0.1) is 0 Å². The van der Waals surface area contributed by atoms with Gasteiger partial charge < -0.3 is 10.1 Å². The first kappa shape index (κ1) is 25.4. The van der Waals surface area contributed by atoms with E-state index >= 15 is 0 Å². The third-order valence-electron chi connectivity index (χ3n) is 7.69. The maximum atomic E-state index is 6.70. The third-order valence-corrected chi connectivity index (χ3v) is 7.69. The summed E-state index contributed by atoms with van der Waals surface area (Å²) in [5, 5.41) is 3.62. The smallest absolute Gasteiger partial charge is 0.123 e. The van der Waals surface area contributed by atoms with Crippen molar-refractivity contribution in [3.05, 3.63) is 71.3 Å². The van der Waals surface area contributed by atoms with E-state index in [0.717, 1.165) is 50.1 Å². The van der Waals surface area contributed by atoms with Crippen LogP contribution in [0.1, 0.15) is 95.4 Å². The summed E-state index contributed by atoms with van der Waals surface area (Å²) in [6, 6.07) is 15.5. The van der Waals surface area contributed by atoms with Crippen LogP contribution >= 0.6 is 0 Å². The molecule has 2 aromatic rings. The highest BCUT2D eigenvalue weighted by molar-refractivity contribution is 5.63. The molecule has 2 nitrogen and oxygen atoms in total. The zero-order valence-electron chi connectivity index (χ0n) is 21.8. The lowest BCUT2D eigenvalue weighted by atomic mass is 9.73. The normalized spacial score (nSPS) is 20.8. The third kappa shape index (κ3) is 6.02. The number of ether oxygens (including phenoxy) is 1. The first-order valence-corrected chi connectivity index (χ1v) is 13.1. The van der Waals surface area contributed by atoms with Gasteiger partial charge in [0.05, 0.1) is 0 Å². The highest BCUT2D eigenvalue weighted by Gasteiger charge is 2.40. The Morgan fingerprint density at radius 2 is 1.85 bits per heavy atom. The highest BCUT2D eigenvalue weighted by Crippen LogP contribution is 2.47. The summed E-state index contributed by atoms with van der Waals surface area (Å²) in [6.45, 7) is 19.0. The van der Waals surface area contributed by atoms with Crippen LogP contribution in [0.2, 0.25) is 0 Å². The minimum Gasteiger partial charge on any atom is -0.487 e. The molecule has 1 aliphatic heterocycles. The van der Waals surface area contributed by atoms with Crippen LogP contribution in [-0.4, -0.2) is 12.1 Å².